The van der Waals surface area contributed by atoms with Gasteiger partial charge in [0.15, 0.2) is 0 Å². The van der Waals surface area contributed by atoms with Gasteiger partial charge in [0, 0.05) is 0 Å². The van der Waals surface area contributed by atoms with Crippen LogP contribution in [0, 0.1) is 0 Å². The molecule has 1 unspecified atom stereocenters. The summed E-state index contributed by atoms with van der Waals surface area (Å²) in [5, 5.41) is 2.72. The summed E-state index contributed by atoms with van der Waals surface area (Å²) in [5.74, 6) is 0.465. The fraction of sp³-hybridized carbons (Fsp3) is 0.316. The third kappa shape index (κ3) is 3.67. The predicted molar refractivity (Wildman–Crippen MR) is 99.1 cm³/mol. The molecular formula is C19H22NOSiTl. The summed E-state index contributed by atoms with van der Waals surface area (Å²) >= 11 is 0.776. The Morgan fingerprint density at radius 1 is 1.09 bits per heavy atom. The molecule has 2 aromatic rings. The summed E-state index contributed by atoms with van der Waals surface area (Å²) in [4.78, 5) is 13.0. The van der Waals surface area contributed by atoms with Crippen molar-refractivity contribution in [1.29, 1.82) is 0 Å². The second kappa shape index (κ2) is 7.40. The molecule has 23 heavy (non-hydrogen) atoms. The monoisotopic (exact) mass is 513 g/mol. The Morgan fingerprint density at radius 3 is 2.04 bits per heavy atom. The van der Waals surface area contributed by atoms with Gasteiger partial charge in [-0.25, -0.2) is 0 Å². The van der Waals surface area contributed by atoms with Gasteiger partial charge in [-0.1, -0.05) is 0 Å². The predicted octanol–water partition coefficient (Wildman–Crippen LogP) is 2.00. The van der Waals surface area contributed by atoms with E-state index in [1.165, 1.54) is 16.8 Å². The fourth-order valence-corrected chi connectivity index (χ4v) is 9.05. The number of hydrogen-bond acceptors (Lipinski definition) is 2. The van der Waals surface area contributed by atoms with E-state index in [0.29, 0.717) is 5.78 Å². The molecule has 0 amide bonds. The van der Waals surface area contributed by atoms with Crippen molar-refractivity contribution in [1.82, 2.24) is 2.71 Å². The Kier molecular flexibility index (Phi) is 5.49. The number of benzene rings is 2. The van der Waals surface area contributed by atoms with Gasteiger partial charge >= 0.3 is 156 Å². The molecule has 1 saturated heterocycles. The molecule has 0 N–H and O–H groups in total. The SMILES string of the molecule is C[Si](CC(=O)C1CCC[N]1[Tl])(c1ccccc1)c1ccccc1. The van der Waals surface area contributed by atoms with Gasteiger partial charge in [-0.3, -0.25) is 0 Å². The standard InChI is InChI=1S/C19H22NOSi.Tl/c1-22(16-9-4-2-5-10-16,17-11-6-3-7-12-17)15-19(21)18-13-8-14-20-18;/h2-7,9-12,18H,8,13-15H2,1H3;/q-1;+1. The van der Waals surface area contributed by atoms with Crippen molar-refractivity contribution in [2.24, 2.45) is 0 Å². The van der Waals surface area contributed by atoms with Crippen LogP contribution in [0.3, 0.4) is 0 Å². The van der Waals surface area contributed by atoms with Crippen molar-refractivity contribution in [2.75, 3.05) is 6.54 Å². The van der Waals surface area contributed by atoms with Crippen LogP contribution in [-0.4, -0.2) is 55.2 Å². The summed E-state index contributed by atoms with van der Waals surface area (Å²) in [7, 11) is -2.02. The van der Waals surface area contributed by atoms with E-state index in [4.69, 9.17) is 0 Å². The minimum atomic E-state index is -2.02. The Bertz CT molecular complexity index is 622. The van der Waals surface area contributed by atoms with Crippen LogP contribution in [0.25, 0.3) is 0 Å². The van der Waals surface area contributed by atoms with Gasteiger partial charge in [-0.2, -0.15) is 0 Å². The molecule has 0 saturated carbocycles. The summed E-state index contributed by atoms with van der Waals surface area (Å²) in [6.07, 6.45) is 2.24. The van der Waals surface area contributed by atoms with Gasteiger partial charge < -0.3 is 0 Å². The number of Topliss-reactive ketones (excluding diaryl/α,β-unsaturated/α-hetero) is 1. The minimum absolute atomic E-state index is 0.194. The molecule has 0 bridgehead atoms. The van der Waals surface area contributed by atoms with E-state index in [0.717, 1.165) is 45.1 Å². The molecule has 1 aliphatic rings. The van der Waals surface area contributed by atoms with E-state index in [1.807, 2.05) is 0 Å². The first-order valence-corrected chi connectivity index (χ1v) is 13.0. The summed E-state index contributed by atoms with van der Waals surface area (Å²) in [6.45, 7) is 3.47. The van der Waals surface area contributed by atoms with Gasteiger partial charge in [0.25, 0.3) is 0 Å². The first-order valence-electron chi connectivity index (χ1n) is 8.26. The average molecular weight is 513 g/mol. The number of ketones is 1. The first-order chi connectivity index (χ1) is 11.1. The molecule has 0 radical (unpaired) electrons. The van der Waals surface area contributed by atoms with Crippen LogP contribution in [0.5, 0.6) is 0 Å². The summed E-state index contributed by atoms with van der Waals surface area (Å²) in [6, 6.07) is 22.3. The van der Waals surface area contributed by atoms with E-state index < -0.39 is 8.07 Å². The Morgan fingerprint density at radius 2 is 1.61 bits per heavy atom. The molecule has 3 rings (SSSR count). The van der Waals surface area contributed by atoms with E-state index in [9.17, 15) is 4.79 Å². The van der Waals surface area contributed by atoms with Gasteiger partial charge in [0.2, 0.25) is 0 Å². The summed E-state index contributed by atoms with van der Waals surface area (Å²) in [5.41, 5.74) is 0. The third-order valence-corrected chi connectivity index (χ3v) is 11.7. The number of carbonyl (C=O) groups is 1. The van der Waals surface area contributed by atoms with Crippen LogP contribution < -0.4 is 10.4 Å². The van der Waals surface area contributed by atoms with E-state index in [1.54, 1.807) is 0 Å². The van der Waals surface area contributed by atoms with Crippen LogP contribution in [0.1, 0.15) is 12.8 Å². The van der Waals surface area contributed by atoms with Crippen molar-refractivity contribution in [3.05, 3.63) is 60.7 Å². The van der Waals surface area contributed by atoms with Crippen LogP contribution >= 0.6 is 0 Å². The Balaban J connectivity index is 1.95. The van der Waals surface area contributed by atoms with Crippen molar-refractivity contribution in [2.45, 2.75) is 31.5 Å². The molecule has 0 spiro atoms. The Hall–Kier alpha value is -0.791. The topological polar surface area (TPSA) is 20.3 Å². The van der Waals surface area contributed by atoms with Gasteiger partial charge in [0.1, 0.15) is 0 Å². The Labute approximate surface area is 156 Å². The van der Waals surface area contributed by atoms with Gasteiger partial charge in [0.05, 0.1) is 0 Å². The molecule has 1 fully saturated rings. The second-order valence-corrected chi connectivity index (χ2v) is 13.4. The maximum absolute atomic E-state index is 13.0. The zero-order valence-electron chi connectivity index (χ0n) is 13.6. The molecule has 2 nitrogen and oxygen atoms in total. The van der Waals surface area contributed by atoms with Crippen LogP contribution in [0.4, 0.5) is 0 Å². The molecular weight excluding hydrogens is 491 g/mol. The van der Waals surface area contributed by atoms with Crippen LogP contribution in [0.15, 0.2) is 60.7 Å². The quantitative estimate of drug-likeness (QED) is 0.571. The van der Waals surface area contributed by atoms with Crippen molar-refractivity contribution in [3.63, 3.8) is 0 Å². The number of nitrogens with zero attached hydrogens (tertiary/aromatic N) is 1. The molecule has 0 aromatic heterocycles. The number of rotatable bonds is 5. The van der Waals surface area contributed by atoms with Gasteiger partial charge in [-0.15, -0.1) is 0 Å². The van der Waals surface area contributed by atoms with Crippen molar-refractivity contribution < 1.29 is 4.79 Å². The zero-order valence-corrected chi connectivity index (χ0v) is 19.1. The average Bonchev–Trinajstić information content (AvgIpc) is 3.02. The molecule has 1 aliphatic heterocycles. The molecule has 1 heterocycles. The van der Waals surface area contributed by atoms with Crippen LogP contribution in [-0.2, 0) is 4.79 Å². The van der Waals surface area contributed by atoms with Gasteiger partial charge in [-0.05, 0) is 0 Å². The molecule has 2 aromatic carbocycles. The van der Waals surface area contributed by atoms with Crippen molar-refractivity contribution in [3.8, 4) is 0 Å². The first kappa shape index (κ1) is 17.0. The normalized spacial score (nSPS) is 18.9. The summed E-state index contributed by atoms with van der Waals surface area (Å²) < 4.78 is 2.40. The molecule has 4 heteroatoms. The van der Waals surface area contributed by atoms with Crippen LogP contribution in [0.2, 0.25) is 12.6 Å². The molecule has 0 aliphatic carbocycles. The zero-order chi connectivity index (χ0) is 16.3. The van der Waals surface area contributed by atoms with E-state index >= 15 is 0 Å². The molecule has 116 valence electrons. The number of hydrogen-bond donors (Lipinski definition) is 0. The maximum atomic E-state index is 13.0. The molecule has 1 atom stereocenters. The van der Waals surface area contributed by atoms with E-state index in [-0.39, 0.29) is 6.04 Å². The van der Waals surface area contributed by atoms with Crippen molar-refractivity contribution >= 4 is 50.3 Å². The number of carbonyl (C=O) groups excluding carboxylic acids is 1. The third-order valence-electron chi connectivity index (χ3n) is 5.02. The second-order valence-electron chi connectivity index (χ2n) is 6.60. The fourth-order valence-electron chi connectivity index (χ4n) is 3.58. The van der Waals surface area contributed by atoms with E-state index in [2.05, 4.69) is 69.9 Å².